The Labute approximate surface area is 119 Å². The fourth-order valence-electron chi connectivity index (χ4n) is 2.74. The van der Waals surface area contributed by atoms with Gasteiger partial charge in [-0.25, -0.2) is 0 Å². The standard InChI is InChI=1S/C15H16F3NS/c16-15(17,18)14-9-11-7-10(4-5-13(11)20-14)8-12-3-1-2-6-19-12/h4-5,7,9,12,19H,1-3,6,8H2. The molecule has 108 valence electrons. The van der Waals surface area contributed by atoms with Crippen molar-refractivity contribution in [2.75, 3.05) is 6.54 Å². The van der Waals surface area contributed by atoms with Crippen molar-refractivity contribution in [1.82, 2.24) is 5.32 Å². The van der Waals surface area contributed by atoms with Gasteiger partial charge in [0.1, 0.15) is 4.88 Å². The zero-order chi connectivity index (χ0) is 14.2. The van der Waals surface area contributed by atoms with Crippen LogP contribution < -0.4 is 5.32 Å². The van der Waals surface area contributed by atoms with Gasteiger partial charge in [0.2, 0.25) is 0 Å². The Kier molecular flexibility index (Phi) is 3.73. The number of hydrogen-bond acceptors (Lipinski definition) is 2. The van der Waals surface area contributed by atoms with Crippen molar-refractivity contribution in [3.8, 4) is 0 Å². The Morgan fingerprint density at radius 3 is 2.75 bits per heavy atom. The zero-order valence-electron chi connectivity index (χ0n) is 11.0. The molecule has 2 aromatic rings. The molecule has 1 saturated heterocycles. The maximum absolute atomic E-state index is 12.7. The van der Waals surface area contributed by atoms with E-state index in [1.165, 1.54) is 18.9 Å². The van der Waals surface area contributed by atoms with E-state index in [1.807, 2.05) is 18.2 Å². The Bertz CT molecular complexity index is 597. The maximum atomic E-state index is 12.7. The number of piperidine rings is 1. The number of nitrogens with one attached hydrogen (secondary N) is 1. The average Bonchev–Trinajstić information content (AvgIpc) is 2.83. The van der Waals surface area contributed by atoms with Crippen molar-refractivity contribution in [2.45, 2.75) is 37.9 Å². The molecule has 20 heavy (non-hydrogen) atoms. The first kappa shape index (κ1) is 13.9. The third kappa shape index (κ3) is 2.99. The van der Waals surface area contributed by atoms with E-state index in [-0.39, 0.29) is 0 Å². The summed E-state index contributed by atoms with van der Waals surface area (Å²) < 4.78 is 38.8. The summed E-state index contributed by atoms with van der Waals surface area (Å²) in [6.07, 6.45) is 0.253. The van der Waals surface area contributed by atoms with Crippen LogP contribution in [0.15, 0.2) is 24.3 Å². The van der Waals surface area contributed by atoms with E-state index in [1.54, 1.807) is 0 Å². The molecule has 1 aromatic heterocycles. The van der Waals surface area contributed by atoms with Crippen molar-refractivity contribution >= 4 is 21.4 Å². The minimum Gasteiger partial charge on any atom is -0.314 e. The lowest BCUT2D eigenvalue weighted by molar-refractivity contribution is -0.134. The van der Waals surface area contributed by atoms with Crippen LogP contribution in [0, 0.1) is 0 Å². The summed E-state index contributed by atoms with van der Waals surface area (Å²) in [5.74, 6) is 0. The lowest BCUT2D eigenvalue weighted by Gasteiger charge is -2.23. The molecular weight excluding hydrogens is 283 g/mol. The molecule has 1 fully saturated rings. The molecular formula is C15H16F3NS. The molecule has 0 aliphatic carbocycles. The SMILES string of the molecule is FC(F)(F)c1cc2cc(CC3CCCCN3)ccc2s1. The first-order valence-corrected chi connectivity index (χ1v) is 7.67. The highest BCUT2D eigenvalue weighted by molar-refractivity contribution is 7.19. The minimum absolute atomic E-state index is 0.460. The largest absolute Gasteiger partial charge is 0.425 e. The summed E-state index contributed by atoms with van der Waals surface area (Å²) in [5, 5.41) is 4.17. The van der Waals surface area contributed by atoms with Crippen LogP contribution in [0.1, 0.15) is 29.7 Å². The number of alkyl halides is 3. The van der Waals surface area contributed by atoms with Crippen molar-refractivity contribution in [1.29, 1.82) is 0 Å². The number of benzene rings is 1. The van der Waals surface area contributed by atoms with Crippen molar-refractivity contribution in [3.63, 3.8) is 0 Å². The lowest BCUT2D eigenvalue weighted by atomic mass is 9.97. The smallest absolute Gasteiger partial charge is 0.314 e. The third-order valence-electron chi connectivity index (χ3n) is 3.75. The molecule has 1 N–H and O–H groups in total. The van der Waals surface area contributed by atoms with Gasteiger partial charge in [-0.2, -0.15) is 13.2 Å². The van der Waals surface area contributed by atoms with E-state index in [0.717, 1.165) is 36.3 Å². The number of thiophene rings is 1. The van der Waals surface area contributed by atoms with Crippen LogP contribution >= 0.6 is 11.3 Å². The predicted octanol–water partition coefficient (Wildman–Crippen LogP) is 4.60. The second-order valence-corrected chi connectivity index (χ2v) is 6.42. The zero-order valence-corrected chi connectivity index (χ0v) is 11.8. The summed E-state index contributed by atoms with van der Waals surface area (Å²) in [6, 6.07) is 7.39. The number of halogens is 3. The van der Waals surface area contributed by atoms with Crippen LogP contribution in [0.25, 0.3) is 10.1 Å². The fraction of sp³-hybridized carbons (Fsp3) is 0.467. The summed E-state index contributed by atoms with van der Waals surface area (Å²) in [5.41, 5.74) is 1.11. The average molecular weight is 299 g/mol. The molecule has 0 spiro atoms. The molecule has 0 amide bonds. The molecule has 0 saturated carbocycles. The maximum Gasteiger partial charge on any atom is 0.425 e. The summed E-state index contributed by atoms with van der Waals surface area (Å²) in [7, 11) is 0. The van der Waals surface area contributed by atoms with Gasteiger partial charge in [-0.15, -0.1) is 11.3 Å². The molecule has 1 aliphatic heterocycles. The van der Waals surface area contributed by atoms with Crippen LogP contribution in [0.4, 0.5) is 13.2 Å². The second kappa shape index (κ2) is 5.37. The van der Waals surface area contributed by atoms with Crippen molar-refractivity contribution < 1.29 is 13.2 Å². The summed E-state index contributed by atoms with van der Waals surface area (Å²) in [6.45, 7) is 1.05. The van der Waals surface area contributed by atoms with Gasteiger partial charge in [0.25, 0.3) is 0 Å². The second-order valence-electron chi connectivity index (χ2n) is 5.33. The van der Waals surface area contributed by atoms with E-state index in [0.29, 0.717) is 16.1 Å². The monoisotopic (exact) mass is 299 g/mol. The Morgan fingerprint density at radius 2 is 2.05 bits per heavy atom. The molecule has 1 aliphatic rings. The first-order chi connectivity index (χ1) is 9.52. The van der Waals surface area contributed by atoms with E-state index < -0.39 is 11.1 Å². The van der Waals surface area contributed by atoms with Crippen molar-refractivity contribution in [3.05, 3.63) is 34.7 Å². The van der Waals surface area contributed by atoms with Crippen LogP contribution in [0.3, 0.4) is 0 Å². The highest BCUT2D eigenvalue weighted by Gasteiger charge is 2.32. The Hall–Kier alpha value is -1.07. The molecule has 1 unspecified atom stereocenters. The molecule has 5 heteroatoms. The quantitative estimate of drug-likeness (QED) is 0.854. The van der Waals surface area contributed by atoms with Crippen LogP contribution in [-0.2, 0) is 12.6 Å². The van der Waals surface area contributed by atoms with Gasteiger partial charge in [-0.05, 0) is 48.9 Å². The predicted molar refractivity (Wildman–Crippen MR) is 76.2 cm³/mol. The van der Waals surface area contributed by atoms with Gasteiger partial charge < -0.3 is 5.32 Å². The van der Waals surface area contributed by atoms with Gasteiger partial charge >= 0.3 is 6.18 Å². The van der Waals surface area contributed by atoms with E-state index >= 15 is 0 Å². The molecule has 0 bridgehead atoms. The molecule has 1 nitrogen and oxygen atoms in total. The summed E-state index contributed by atoms with van der Waals surface area (Å²) in [4.78, 5) is -0.513. The normalized spacial score (nSPS) is 20.4. The van der Waals surface area contributed by atoms with Gasteiger partial charge in [0.05, 0.1) is 0 Å². The van der Waals surface area contributed by atoms with Gasteiger partial charge in [0, 0.05) is 10.7 Å². The number of fused-ring (bicyclic) bond motifs is 1. The minimum atomic E-state index is -4.24. The molecule has 1 atom stereocenters. The topological polar surface area (TPSA) is 12.0 Å². The molecule has 2 heterocycles. The van der Waals surface area contributed by atoms with Crippen molar-refractivity contribution in [2.24, 2.45) is 0 Å². The number of hydrogen-bond donors (Lipinski definition) is 1. The van der Waals surface area contributed by atoms with Crippen LogP contribution in [-0.4, -0.2) is 12.6 Å². The molecule has 3 rings (SSSR count). The number of rotatable bonds is 2. The molecule has 1 aromatic carbocycles. The van der Waals surface area contributed by atoms with Crippen LogP contribution in [0.5, 0.6) is 0 Å². The Morgan fingerprint density at radius 1 is 1.20 bits per heavy atom. The molecule has 0 radical (unpaired) electrons. The van der Waals surface area contributed by atoms with Gasteiger partial charge in [-0.3, -0.25) is 0 Å². The summed E-state index contributed by atoms with van der Waals surface area (Å²) >= 11 is 0.818. The van der Waals surface area contributed by atoms with Gasteiger partial charge in [-0.1, -0.05) is 18.6 Å². The van der Waals surface area contributed by atoms with Gasteiger partial charge in [0.15, 0.2) is 0 Å². The highest BCUT2D eigenvalue weighted by atomic mass is 32.1. The third-order valence-corrected chi connectivity index (χ3v) is 4.92. The first-order valence-electron chi connectivity index (χ1n) is 6.85. The van der Waals surface area contributed by atoms with Crippen LogP contribution in [0.2, 0.25) is 0 Å². The Balaban J connectivity index is 1.82. The lowest BCUT2D eigenvalue weighted by Crippen LogP contribution is -2.35. The highest BCUT2D eigenvalue weighted by Crippen LogP contribution is 2.38. The van der Waals surface area contributed by atoms with E-state index in [4.69, 9.17) is 0 Å². The van der Waals surface area contributed by atoms with E-state index in [2.05, 4.69) is 5.32 Å². The fourth-order valence-corrected chi connectivity index (χ4v) is 3.65. The van der Waals surface area contributed by atoms with E-state index in [9.17, 15) is 13.2 Å².